The highest BCUT2D eigenvalue weighted by molar-refractivity contribution is 6.10. The van der Waals surface area contributed by atoms with Crippen molar-refractivity contribution in [1.82, 2.24) is 15.5 Å². The summed E-state index contributed by atoms with van der Waals surface area (Å²) in [6.45, 7) is 1.81. The molecule has 7 nitrogen and oxygen atoms in total. The molecule has 10 heteroatoms. The molecule has 4 bridgehead atoms. The van der Waals surface area contributed by atoms with Crippen molar-refractivity contribution >= 4 is 17.8 Å². The van der Waals surface area contributed by atoms with E-state index in [2.05, 4.69) is 0 Å². The van der Waals surface area contributed by atoms with Gasteiger partial charge in [-0.05, 0) is 92.4 Å². The third kappa shape index (κ3) is 3.67. The zero-order valence-electron chi connectivity index (χ0n) is 19.8. The number of rotatable bonds is 6. The first-order valence-electron chi connectivity index (χ1n) is 12.2. The minimum atomic E-state index is -5.24. The highest BCUT2D eigenvalue weighted by atomic mass is 19.4. The lowest BCUT2D eigenvalue weighted by Crippen LogP contribution is -2.70. The molecule has 5 fully saturated rings. The van der Waals surface area contributed by atoms with Crippen LogP contribution in [0.15, 0.2) is 24.3 Å². The highest BCUT2D eigenvalue weighted by Gasteiger charge is 2.71. The van der Waals surface area contributed by atoms with Crippen molar-refractivity contribution in [3.8, 4) is 5.75 Å². The predicted octanol–water partition coefficient (Wildman–Crippen LogP) is 4.23. The molecular weight excluding hydrogens is 463 g/mol. The van der Waals surface area contributed by atoms with Gasteiger partial charge in [-0.25, -0.2) is 4.79 Å². The largest absolute Gasteiger partial charge is 0.497 e. The Morgan fingerprint density at radius 1 is 1.11 bits per heavy atom. The van der Waals surface area contributed by atoms with Gasteiger partial charge >= 0.3 is 12.2 Å². The van der Waals surface area contributed by atoms with E-state index in [-0.39, 0.29) is 11.0 Å². The first-order valence-corrected chi connectivity index (χ1v) is 12.2. The summed E-state index contributed by atoms with van der Waals surface area (Å²) in [5.74, 6) is -0.665. The molecule has 5 aliphatic rings. The average Bonchev–Trinajstić information content (AvgIpc) is 3.04. The number of benzene rings is 1. The van der Waals surface area contributed by atoms with Crippen molar-refractivity contribution in [2.75, 3.05) is 7.11 Å². The predicted molar refractivity (Wildman–Crippen MR) is 119 cm³/mol. The topological polar surface area (TPSA) is 87.7 Å². The maximum Gasteiger partial charge on any atom is 0.440 e. The zero-order valence-corrected chi connectivity index (χ0v) is 19.8. The third-order valence-corrected chi connectivity index (χ3v) is 8.62. The summed E-state index contributed by atoms with van der Waals surface area (Å²) in [6.07, 6.45) is 0.978. The number of nitrogens with one attached hydrogen (secondary N) is 2. The molecule has 6 rings (SSSR count). The molecule has 0 aromatic heterocycles. The van der Waals surface area contributed by atoms with E-state index in [9.17, 15) is 27.6 Å². The van der Waals surface area contributed by atoms with Crippen LogP contribution in [0.4, 0.5) is 18.0 Å². The quantitative estimate of drug-likeness (QED) is 0.581. The van der Waals surface area contributed by atoms with Crippen LogP contribution in [0, 0.1) is 23.2 Å². The van der Waals surface area contributed by atoms with Crippen LogP contribution in [0.3, 0.4) is 0 Å². The third-order valence-electron chi connectivity index (χ3n) is 8.62. The molecule has 1 heterocycles. The second-order valence-electron chi connectivity index (χ2n) is 10.7. The van der Waals surface area contributed by atoms with E-state index in [1.165, 1.54) is 31.4 Å². The van der Waals surface area contributed by atoms with Gasteiger partial charge in [0.15, 0.2) is 0 Å². The number of ether oxygens (including phenoxy) is 1. The maximum atomic E-state index is 14.4. The Hall–Kier alpha value is -2.78. The summed E-state index contributed by atoms with van der Waals surface area (Å²) in [5.41, 5.74) is -3.97. The zero-order chi connectivity index (χ0) is 25.2. The monoisotopic (exact) mass is 493 g/mol. The van der Waals surface area contributed by atoms with Gasteiger partial charge in [-0.15, -0.1) is 0 Å². The minimum absolute atomic E-state index is 0.0944. The first kappa shape index (κ1) is 23.9. The second-order valence-corrected chi connectivity index (χ2v) is 10.7. The van der Waals surface area contributed by atoms with E-state index in [0.29, 0.717) is 29.9 Å². The van der Waals surface area contributed by atoms with Gasteiger partial charge in [0.05, 0.1) is 7.11 Å². The van der Waals surface area contributed by atoms with Gasteiger partial charge in [0.25, 0.3) is 17.5 Å². The Bertz CT molecular complexity index is 1010. The van der Waals surface area contributed by atoms with Crippen molar-refractivity contribution in [1.29, 1.82) is 0 Å². The number of halogens is 3. The molecule has 0 radical (unpaired) electrons. The van der Waals surface area contributed by atoms with Gasteiger partial charge < -0.3 is 10.1 Å². The molecule has 1 aromatic rings. The van der Waals surface area contributed by atoms with Crippen LogP contribution in [0.1, 0.15) is 62.2 Å². The number of hydrogen-bond acceptors (Lipinski definition) is 4. The Kier molecular flexibility index (Phi) is 5.56. The molecule has 1 aromatic carbocycles. The number of methoxy groups -OCH3 is 1. The van der Waals surface area contributed by atoms with Crippen LogP contribution in [-0.4, -0.2) is 47.7 Å². The number of urea groups is 1. The molecule has 1 aliphatic heterocycles. The Morgan fingerprint density at radius 3 is 2.11 bits per heavy atom. The van der Waals surface area contributed by atoms with Crippen molar-refractivity contribution in [2.24, 2.45) is 23.2 Å². The fourth-order valence-corrected chi connectivity index (χ4v) is 7.64. The van der Waals surface area contributed by atoms with Crippen molar-refractivity contribution < 1.29 is 32.3 Å². The van der Waals surface area contributed by atoms with Crippen LogP contribution in [0.25, 0.3) is 0 Å². The molecule has 2 N–H and O–H groups in total. The lowest BCUT2D eigenvalue weighted by molar-refractivity contribution is -0.202. The van der Waals surface area contributed by atoms with E-state index >= 15 is 0 Å². The number of carbonyl (C=O) groups is 3. The van der Waals surface area contributed by atoms with Crippen molar-refractivity contribution in [2.45, 2.75) is 69.8 Å². The van der Waals surface area contributed by atoms with E-state index in [4.69, 9.17) is 4.74 Å². The van der Waals surface area contributed by atoms with Gasteiger partial charge in [-0.1, -0.05) is 6.92 Å². The molecule has 0 unspecified atom stereocenters. The van der Waals surface area contributed by atoms with E-state index in [0.717, 1.165) is 43.4 Å². The van der Waals surface area contributed by atoms with Gasteiger partial charge in [-0.3, -0.25) is 19.8 Å². The molecule has 1 saturated heterocycles. The van der Waals surface area contributed by atoms with Crippen LogP contribution in [-0.2, 0) is 4.79 Å². The highest BCUT2D eigenvalue weighted by Crippen LogP contribution is 2.62. The standard InChI is InChI=1S/C25H30F3N3O4/c1-3-19(23-11-14-8-15(12-23)10-16(9-14)13-23)31-21(33)24(25(26,27)28,30-22(31)34)29-20(32)17-4-6-18(35-2)7-5-17/h4-7,14-16,19H,3,8-13H2,1-2H3,(H,29,32)(H,30,34)/t14?,15?,16?,19-,23?,24-/m0/s1. The van der Waals surface area contributed by atoms with Crippen molar-refractivity contribution in [3.63, 3.8) is 0 Å². The van der Waals surface area contributed by atoms with E-state index in [1.807, 2.05) is 17.6 Å². The first-order chi connectivity index (χ1) is 16.5. The summed E-state index contributed by atoms with van der Waals surface area (Å²) in [7, 11) is 1.42. The fourth-order valence-electron chi connectivity index (χ4n) is 7.64. The van der Waals surface area contributed by atoms with Crippen LogP contribution < -0.4 is 15.4 Å². The Balaban J connectivity index is 1.46. The summed E-state index contributed by atoms with van der Waals surface area (Å²) in [5, 5.41) is 3.65. The van der Waals surface area contributed by atoms with Crippen LogP contribution in [0.2, 0.25) is 0 Å². The molecule has 4 aliphatic carbocycles. The van der Waals surface area contributed by atoms with Gasteiger partial charge in [-0.2, -0.15) is 13.2 Å². The van der Waals surface area contributed by atoms with Crippen molar-refractivity contribution in [3.05, 3.63) is 29.8 Å². The summed E-state index contributed by atoms with van der Waals surface area (Å²) < 4.78 is 48.3. The number of nitrogens with zero attached hydrogens (tertiary/aromatic N) is 1. The summed E-state index contributed by atoms with van der Waals surface area (Å²) in [4.78, 5) is 40.2. The Labute approximate surface area is 201 Å². The lowest BCUT2D eigenvalue weighted by Gasteiger charge is -2.60. The normalized spacial score (nSPS) is 34.7. The average molecular weight is 494 g/mol. The number of hydrogen-bond donors (Lipinski definition) is 2. The second kappa shape index (κ2) is 8.13. The van der Waals surface area contributed by atoms with E-state index < -0.39 is 35.7 Å². The molecule has 4 amide bonds. The van der Waals surface area contributed by atoms with Gasteiger partial charge in [0.2, 0.25) is 0 Å². The smallest absolute Gasteiger partial charge is 0.440 e. The summed E-state index contributed by atoms with van der Waals surface area (Å²) in [6, 6.07) is 3.69. The minimum Gasteiger partial charge on any atom is -0.497 e. The number of imide groups is 1. The summed E-state index contributed by atoms with van der Waals surface area (Å²) >= 11 is 0. The fraction of sp³-hybridized carbons (Fsp3) is 0.640. The van der Waals surface area contributed by atoms with Crippen LogP contribution >= 0.6 is 0 Å². The number of alkyl halides is 3. The number of carbonyl (C=O) groups excluding carboxylic acids is 3. The lowest BCUT2D eigenvalue weighted by atomic mass is 9.47. The van der Waals surface area contributed by atoms with Crippen LogP contribution in [0.5, 0.6) is 5.75 Å². The SMILES string of the molecule is CC[C@H](N1C(=O)N[C@](NC(=O)c2ccc(OC)cc2)(C(F)(F)F)C1=O)C12CC3CC(CC(C3)C1)C2. The maximum absolute atomic E-state index is 14.4. The molecule has 2 atom stereocenters. The molecular formula is C25H30F3N3O4. The molecule has 4 saturated carbocycles. The Morgan fingerprint density at radius 2 is 1.66 bits per heavy atom. The van der Waals surface area contributed by atoms with Gasteiger partial charge in [0, 0.05) is 11.6 Å². The molecule has 0 spiro atoms. The van der Waals surface area contributed by atoms with E-state index in [1.54, 1.807) is 0 Å². The molecule has 190 valence electrons. The van der Waals surface area contributed by atoms with Gasteiger partial charge in [0.1, 0.15) is 5.75 Å². The number of amides is 4. The molecule has 35 heavy (non-hydrogen) atoms.